The van der Waals surface area contributed by atoms with Crippen LogP contribution in [0.5, 0.6) is 11.5 Å². The molecule has 0 radical (unpaired) electrons. The maximum atomic E-state index is 12.1. The number of benzene rings is 2. The summed E-state index contributed by atoms with van der Waals surface area (Å²) in [5.74, 6) is -0.167. The van der Waals surface area contributed by atoms with Crippen LogP contribution < -0.4 is 9.47 Å². The van der Waals surface area contributed by atoms with E-state index in [4.69, 9.17) is 21.1 Å². The maximum absolute atomic E-state index is 12.1. The molecule has 0 unspecified atom stereocenters. The number of halogens is 2. The second-order valence-electron chi connectivity index (χ2n) is 4.94. The molecule has 134 valence electrons. The van der Waals surface area contributed by atoms with Gasteiger partial charge in [-0.3, -0.25) is 10.1 Å². The van der Waals surface area contributed by atoms with E-state index < -0.39 is 10.9 Å². The zero-order valence-electron chi connectivity index (χ0n) is 13.5. The molecule has 0 spiro atoms. The molecule has 0 saturated carbocycles. The Labute approximate surface area is 163 Å². The zero-order chi connectivity index (χ0) is 19.1. The summed E-state index contributed by atoms with van der Waals surface area (Å²) in [6, 6.07) is 10.1. The van der Waals surface area contributed by atoms with Crippen molar-refractivity contribution in [3.05, 3.63) is 79.4 Å². The topological polar surface area (TPSA) is 78.7 Å². The Morgan fingerprint density at radius 3 is 2.50 bits per heavy atom. The summed E-state index contributed by atoms with van der Waals surface area (Å²) >= 11 is 9.09. The first kappa shape index (κ1) is 19.7. The third kappa shape index (κ3) is 5.72. The molecule has 0 aromatic heterocycles. The summed E-state index contributed by atoms with van der Waals surface area (Å²) in [4.78, 5) is 21.9. The second kappa shape index (κ2) is 9.17. The molecule has 0 aliphatic carbocycles. The van der Waals surface area contributed by atoms with E-state index in [-0.39, 0.29) is 11.5 Å². The molecule has 0 saturated heterocycles. The number of nitro groups is 1. The molecule has 0 fully saturated rings. The van der Waals surface area contributed by atoms with Crippen LogP contribution in [-0.2, 0) is 4.79 Å². The van der Waals surface area contributed by atoms with Gasteiger partial charge in [-0.1, -0.05) is 23.7 Å². The van der Waals surface area contributed by atoms with Crippen LogP contribution in [0.15, 0.2) is 53.1 Å². The van der Waals surface area contributed by atoms with Gasteiger partial charge >= 0.3 is 5.97 Å². The summed E-state index contributed by atoms with van der Waals surface area (Å²) in [6.45, 7) is 0. The smallest absolute Gasteiger partial charge is 0.336 e. The van der Waals surface area contributed by atoms with E-state index in [9.17, 15) is 14.9 Å². The van der Waals surface area contributed by atoms with Crippen LogP contribution in [0.4, 0.5) is 0 Å². The Bertz CT molecular complexity index is 878. The van der Waals surface area contributed by atoms with Crippen molar-refractivity contribution in [2.24, 2.45) is 0 Å². The maximum Gasteiger partial charge on any atom is 0.336 e. The molecular formula is C18H13BrClNO5. The van der Waals surface area contributed by atoms with Crippen molar-refractivity contribution in [3.8, 4) is 11.5 Å². The Balaban J connectivity index is 2.18. The lowest BCUT2D eigenvalue weighted by Crippen LogP contribution is -2.06. The summed E-state index contributed by atoms with van der Waals surface area (Å²) in [6.07, 6.45) is 4.98. The molecule has 0 aliphatic heterocycles. The fraction of sp³-hybridized carbons (Fsp3) is 0.0556. The number of rotatable bonds is 6. The Kier molecular flexibility index (Phi) is 6.94. The Morgan fingerprint density at radius 1 is 1.19 bits per heavy atom. The molecule has 8 heteroatoms. The van der Waals surface area contributed by atoms with Gasteiger partial charge in [0.15, 0.2) is 11.5 Å². The van der Waals surface area contributed by atoms with Crippen LogP contribution in [0.25, 0.3) is 12.2 Å². The Morgan fingerprint density at radius 2 is 1.88 bits per heavy atom. The van der Waals surface area contributed by atoms with Crippen molar-refractivity contribution >= 4 is 45.7 Å². The third-order valence-electron chi connectivity index (χ3n) is 3.12. The first-order chi connectivity index (χ1) is 12.4. The van der Waals surface area contributed by atoms with E-state index in [1.807, 2.05) is 0 Å². The highest BCUT2D eigenvalue weighted by molar-refractivity contribution is 9.10. The minimum atomic E-state index is -0.604. The van der Waals surface area contributed by atoms with Gasteiger partial charge in [-0.15, -0.1) is 0 Å². The summed E-state index contributed by atoms with van der Waals surface area (Å²) in [7, 11) is 1.41. The SMILES string of the molecule is COc1cc(/C=C/[N+](=O)[O-])cc(Br)c1OC(=O)/C=C/c1ccc(Cl)cc1. The lowest BCUT2D eigenvalue weighted by Gasteiger charge is -2.11. The molecule has 2 rings (SSSR count). The van der Waals surface area contributed by atoms with E-state index >= 15 is 0 Å². The first-order valence-corrected chi connectivity index (χ1v) is 8.41. The molecule has 0 N–H and O–H groups in total. The molecular weight excluding hydrogens is 426 g/mol. The van der Waals surface area contributed by atoms with Crippen molar-refractivity contribution < 1.29 is 19.2 Å². The van der Waals surface area contributed by atoms with Gasteiger partial charge in [0.1, 0.15) is 0 Å². The van der Waals surface area contributed by atoms with E-state index in [0.29, 0.717) is 15.1 Å². The number of methoxy groups -OCH3 is 1. The van der Waals surface area contributed by atoms with Gasteiger partial charge in [-0.2, -0.15) is 0 Å². The van der Waals surface area contributed by atoms with Crippen molar-refractivity contribution in [2.75, 3.05) is 7.11 Å². The minimum Gasteiger partial charge on any atom is -0.493 e. The Hall–Kier alpha value is -2.64. The number of nitrogens with zero attached hydrogens (tertiary/aromatic N) is 1. The van der Waals surface area contributed by atoms with Gasteiger partial charge in [-0.25, -0.2) is 4.79 Å². The monoisotopic (exact) mass is 437 g/mol. The van der Waals surface area contributed by atoms with Gasteiger partial charge in [0.2, 0.25) is 6.20 Å². The van der Waals surface area contributed by atoms with Crippen LogP contribution in [0.3, 0.4) is 0 Å². The quantitative estimate of drug-likeness (QED) is 0.209. The average Bonchev–Trinajstić information content (AvgIpc) is 2.61. The number of hydrogen-bond donors (Lipinski definition) is 0. The normalized spacial score (nSPS) is 11.0. The van der Waals surface area contributed by atoms with Crippen LogP contribution >= 0.6 is 27.5 Å². The first-order valence-electron chi connectivity index (χ1n) is 7.23. The second-order valence-corrected chi connectivity index (χ2v) is 6.23. The van der Waals surface area contributed by atoms with E-state index in [1.165, 1.54) is 25.3 Å². The van der Waals surface area contributed by atoms with Crippen molar-refractivity contribution in [1.29, 1.82) is 0 Å². The fourth-order valence-corrected chi connectivity index (χ4v) is 2.62. The molecule has 0 heterocycles. The van der Waals surface area contributed by atoms with Gasteiger partial charge in [-0.05, 0) is 57.4 Å². The van der Waals surface area contributed by atoms with Gasteiger partial charge in [0, 0.05) is 17.2 Å². The van der Waals surface area contributed by atoms with Gasteiger partial charge in [0.05, 0.1) is 16.5 Å². The van der Waals surface area contributed by atoms with E-state index in [1.54, 1.807) is 36.4 Å². The average molecular weight is 439 g/mol. The molecule has 26 heavy (non-hydrogen) atoms. The number of hydrogen-bond acceptors (Lipinski definition) is 5. The number of carbonyl (C=O) groups excluding carboxylic acids is 1. The lowest BCUT2D eigenvalue weighted by molar-refractivity contribution is -0.400. The predicted octanol–water partition coefficient (Wildman–Crippen LogP) is 4.98. The largest absolute Gasteiger partial charge is 0.493 e. The third-order valence-corrected chi connectivity index (χ3v) is 3.97. The summed E-state index contributed by atoms with van der Waals surface area (Å²) in [5, 5.41) is 11.0. The number of carbonyl (C=O) groups is 1. The number of esters is 1. The van der Waals surface area contributed by atoms with Crippen molar-refractivity contribution in [3.63, 3.8) is 0 Å². The van der Waals surface area contributed by atoms with Crippen LogP contribution in [0, 0.1) is 10.1 Å². The molecule has 0 bridgehead atoms. The molecule has 2 aromatic carbocycles. The van der Waals surface area contributed by atoms with Crippen molar-refractivity contribution in [1.82, 2.24) is 0 Å². The lowest BCUT2D eigenvalue weighted by atomic mass is 10.2. The molecule has 6 nitrogen and oxygen atoms in total. The highest BCUT2D eigenvalue weighted by atomic mass is 79.9. The predicted molar refractivity (Wildman–Crippen MR) is 103 cm³/mol. The van der Waals surface area contributed by atoms with Gasteiger partial charge < -0.3 is 9.47 Å². The molecule has 0 atom stereocenters. The van der Waals surface area contributed by atoms with Crippen LogP contribution in [-0.4, -0.2) is 18.0 Å². The summed E-state index contributed by atoms with van der Waals surface area (Å²) < 4.78 is 10.9. The molecule has 2 aromatic rings. The molecule has 0 aliphatic rings. The highest BCUT2D eigenvalue weighted by Crippen LogP contribution is 2.37. The van der Waals surface area contributed by atoms with Gasteiger partial charge in [0.25, 0.3) is 0 Å². The summed E-state index contributed by atoms with van der Waals surface area (Å²) in [5.41, 5.74) is 1.31. The number of ether oxygens (including phenoxy) is 2. The zero-order valence-corrected chi connectivity index (χ0v) is 15.9. The molecule has 0 amide bonds. The minimum absolute atomic E-state index is 0.177. The standard InChI is InChI=1S/C18H13BrClNO5/c1-25-16-11-13(8-9-21(23)24)10-15(19)18(16)26-17(22)7-4-12-2-5-14(20)6-3-12/h2-11H,1H3/b7-4+,9-8+. The van der Waals surface area contributed by atoms with Crippen LogP contribution in [0.2, 0.25) is 5.02 Å². The van der Waals surface area contributed by atoms with E-state index in [0.717, 1.165) is 11.8 Å². The fourth-order valence-electron chi connectivity index (χ4n) is 1.95. The van der Waals surface area contributed by atoms with Crippen LogP contribution in [0.1, 0.15) is 11.1 Å². The van der Waals surface area contributed by atoms with E-state index in [2.05, 4.69) is 15.9 Å². The van der Waals surface area contributed by atoms with Crippen molar-refractivity contribution in [2.45, 2.75) is 0 Å². The highest BCUT2D eigenvalue weighted by Gasteiger charge is 2.14.